The predicted octanol–water partition coefficient (Wildman–Crippen LogP) is 2.97. The van der Waals surface area contributed by atoms with Gasteiger partial charge in [0.15, 0.2) is 5.69 Å². The average Bonchev–Trinajstić information content (AvgIpc) is 3.13. The summed E-state index contributed by atoms with van der Waals surface area (Å²) in [5.74, 6) is 1.18. The SMILES string of the molecule is COc1ccc(OC2CCN(C(=O)c3ccn(C(F)F)n3)CC2)cc1. The van der Waals surface area contributed by atoms with Gasteiger partial charge in [0.05, 0.1) is 7.11 Å². The van der Waals surface area contributed by atoms with Crippen LogP contribution in [0.25, 0.3) is 0 Å². The molecule has 0 spiro atoms. The molecule has 0 saturated carbocycles. The Morgan fingerprint density at radius 3 is 2.36 bits per heavy atom. The number of benzene rings is 1. The number of ether oxygens (including phenoxy) is 2. The number of aromatic nitrogens is 2. The van der Waals surface area contributed by atoms with Crippen molar-refractivity contribution < 1.29 is 23.0 Å². The average molecular weight is 351 g/mol. The first-order valence-corrected chi connectivity index (χ1v) is 8.00. The highest BCUT2D eigenvalue weighted by Crippen LogP contribution is 2.22. The first-order chi connectivity index (χ1) is 12.1. The zero-order valence-corrected chi connectivity index (χ0v) is 13.8. The number of rotatable bonds is 5. The molecule has 1 aromatic heterocycles. The largest absolute Gasteiger partial charge is 0.497 e. The van der Waals surface area contributed by atoms with E-state index in [0.29, 0.717) is 30.6 Å². The third-order valence-corrected chi connectivity index (χ3v) is 4.12. The summed E-state index contributed by atoms with van der Waals surface area (Å²) in [7, 11) is 1.60. The Bertz CT molecular complexity index is 710. The van der Waals surface area contributed by atoms with Crippen LogP contribution >= 0.6 is 0 Å². The Kier molecular flexibility index (Phi) is 5.16. The summed E-state index contributed by atoms with van der Waals surface area (Å²) in [6.07, 6.45) is 2.47. The smallest absolute Gasteiger partial charge is 0.333 e. The molecule has 1 fully saturated rings. The van der Waals surface area contributed by atoms with Gasteiger partial charge in [0.2, 0.25) is 0 Å². The minimum atomic E-state index is -2.75. The van der Waals surface area contributed by atoms with E-state index in [1.54, 1.807) is 12.0 Å². The van der Waals surface area contributed by atoms with Gasteiger partial charge in [-0.05, 0) is 30.3 Å². The zero-order valence-electron chi connectivity index (χ0n) is 13.8. The van der Waals surface area contributed by atoms with Gasteiger partial charge >= 0.3 is 6.55 Å². The van der Waals surface area contributed by atoms with Crippen LogP contribution in [0.3, 0.4) is 0 Å². The normalized spacial score (nSPS) is 15.4. The fourth-order valence-corrected chi connectivity index (χ4v) is 2.75. The Morgan fingerprint density at radius 1 is 1.16 bits per heavy atom. The molecule has 0 atom stereocenters. The molecule has 1 aliphatic rings. The predicted molar refractivity (Wildman–Crippen MR) is 86.0 cm³/mol. The number of methoxy groups -OCH3 is 1. The van der Waals surface area contributed by atoms with E-state index >= 15 is 0 Å². The maximum atomic E-state index is 12.5. The van der Waals surface area contributed by atoms with E-state index in [9.17, 15) is 13.6 Å². The maximum absolute atomic E-state index is 12.5. The lowest BCUT2D eigenvalue weighted by molar-refractivity contribution is 0.0525. The minimum Gasteiger partial charge on any atom is -0.497 e. The minimum absolute atomic E-state index is 0.0102. The number of hydrogen-bond donors (Lipinski definition) is 0. The number of alkyl halides is 2. The van der Waals surface area contributed by atoms with Crippen molar-refractivity contribution in [3.05, 3.63) is 42.2 Å². The lowest BCUT2D eigenvalue weighted by Crippen LogP contribution is -2.42. The van der Waals surface area contributed by atoms with Crippen molar-refractivity contribution in [3.8, 4) is 11.5 Å². The Labute approximate surface area is 143 Å². The molecule has 2 heterocycles. The molecular weight excluding hydrogens is 332 g/mol. The highest BCUT2D eigenvalue weighted by Gasteiger charge is 2.26. The van der Waals surface area contributed by atoms with Crippen LogP contribution in [0, 0.1) is 0 Å². The molecular formula is C17H19F2N3O3. The fraction of sp³-hybridized carbons (Fsp3) is 0.412. The molecule has 0 N–H and O–H groups in total. The van der Waals surface area contributed by atoms with E-state index < -0.39 is 6.55 Å². The number of piperidine rings is 1. The highest BCUT2D eigenvalue weighted by atomic mass is 19.3. The second kappa shape index (κ2) is 7.50. The fourth-order valence-electron chi connectivity index (χ4n) is 2.75. The molecule has 0 unspecified atom stereocenters. The summed E-state index contributed by atoms with van der Waals surface area (Å²) in [4.78, 5) is 13.9. The quantitative estimate of drug-likeness (QED) is 0.831. The highest BCUT2D eigenvalue weighted by molar-refractivity contribution is 5.92. The summed E-state index contributed by atoms with van der Waals surface area (Å²) in [5, 5.41) is 3.62. The van der Waals surface area contributed by atoms with Gasteiger partial charge in [0.1, 0.15) is 17.6 Å². The standard InChI is InChI=1S/C17H19F2N3O3/c1-24-12-2-4-13(5-3-12)25-14-6-9-21(10-7-14)16(23)15-8-11-22(20-15)17(18)19/h2-5,8,11,14,17H,6-7,9-10H2,1H3. The van der Waals surface area contributed by atoms with E-state index in [-0.39, 0.29) is 17.7 Å². The zero-order chi connectivity index (χ0) is 17.8. The molecule has 25 heavy (non-hydrogen) atoms. The Hall–Kier alpha value is -2.64. The first kappa shape index (κ1) is 17.2. The van der Waals surface area contributed by atoms with Crippen molar-refractivity contribution in [2.45, 2.75) is 25.5 Å². The van der Waals surface area contributed by atoms with Gasteiger partial charge in [-0.25, -0.2) is 4.68 Å². The van der Waals surface area contributed by atoms with Gasteiger partial charge in [-0.2, -0.15) is 13.9 Å². The van der Waals surface area contributed by atoms with Crippen molar-refractivity contribution in [2.75, 3.05) is 20.2 Å². The molecule has 134 valence electrons. The molecule has 0 radical (unpaired) electrons. The van der Waals surface area contributed by atoms with Gasteiger partial charge < -0.3 is 14.4 Å². The molecule has 1 aliphatic heterocycles. The van der Waals surface area contributed by atoms with E-state index in [0.717, 1.165) is 17.7 Å². The van der Waals surface area contributed by atoms with Crippen LogP contribution < -0.4 is 9.47 Å². The molecule has 1 amide bonds. The Balaban J connectivity index is 1.52. The third kappa shape index (κ3) is 4.07. The number of hydrogen-bond acceptors (Lipinski definition) is 4. The number of amides is 1. The van der Waals surface area contributed by atoms with Crippen LogP contribution in [-0.4, -0.2) is 46.9 Å². The number of carbonyl (C=O) groups excluding carboxylic acids is 1. The van der Waals surface area contributed by atoms with E-state index in [4.69, 9.17) is 9.47 Å². The summed E-state index contributed by atoms with van der Waals surface area (Å²) in [6, 6.07) is 8.65. The van der Waals surface area contributed by atoms with Crippen LogP contribution in [0.1, 0.15) is 29.9 Å². The maximum Gasteiger partial charge on any atom is 0.333 e. The van der Waals surface area contributed by atoms with E-state index in [2.05, 4.69) is 5.10 Å². The van der Waals surface area contributed by atoms with Crippen molar-refractivity contribution in [3.63, 3.8) is 0 Å². The van der Waals surface area contributed by atoms with Crippen molar-refractivity contribution in [1.82, 2.24) is 14.7 Å². The number of halogens is 2. The van der Waals surface area contributed by atoms with Crippen LogP contribution in [0.2, 0.25) is 0 Å². The van der Waals surface area contributed by atoms with Gasteiger partial charge in [-0.3, -0.25) is 4.79 Å². The van der Waals surface area contributed by atoms with Gasteiger partial charge in [-0.1, -0.05) is 0 Å². The first-order valence-electron chi connectivity index (χ1n) is 8.00. The molecule has 8 heteroatoms. The molecule has 6 nitrogen and oxygen atoms in total. The Morgan fingerprint density at radius 2 is 1.80 bits per heavy atom. The lowest BCUT2D eigenvalue weighted by atomic mass is 10.1. The van der Waals surface area contributed by atoms with Gasteiger partial charge in [-0.15, -0.1) is 0 Å². The molecule has 0 aliphatic carbocycles. The van der Waals surface area contributed by atoms with E-state index in [1.807, 2.05) is 24.3 Å². The monoisotopic (exact) mass is 351 g/mol. The molecule has 2 aromatic rings. The van der Waals surface area contributed by atoms with Crippen molar-refractivity contribution in [2.24, 2.45) is 0 Å². The second-order valence-corrected chi connectivity index (χ2v) is 5.74. The molecule has 3 rings (SSSR count). The molecule has 1 saturated heterocycles. The summed E-state index contributed by atoms with van der Waals surface area (Å²) in [6.45, 7) is -1.74. The number of nitrogens with zero attached hydrogens (tertiary/aromatic N) is 3. The second-order valence-electron chi connectivity index (χ2n) is 5.74. The van der Waals surface area contributed by atoms with E-state index in [1.165, 1.54) is 6.07 Å². The summed E-state index contributed by atoms with van der Waals surface area (Å²) < 4.78 is 36.6. The van der Waals surface area contributed by atoms with Crippen LogP contribution in [0.15, 0.2) is 36.5 Å². The van der Waals surface area contributed by atoms with Crippen LogP contribution in [-0.2, 0) is 0 Å². The van der Waals surface area contributed by atoms with Gasteiger partial charge in [0.25, 0.3) is 5.91 Å². The molecule has 0 bridgehead atoms. The number of carbonyl (C=O) groups is 1. The summed E-state index contributed by atoms with van der Waals surface area (Å²) >= 11 is 0. The molecule has 1 aromatic carbocycles. The van der Waals surface area contributed by atoms with Crippen molar-refractivity contribution in [1.29, 1.82) is 0 Å². The lowest BCUT2D eigenvalue weighted by Gasteiger charge is -2.31. The summed E-state index contributed by atoms with van der Waals surface area (Å²) in [5.41, 5.74) is 0.0369. The number of likely N-dealkylation sites (tertiary alicyclic amines) is 1. The van der Waals surface area contributed by atoms with Crippen LogP contribution in [0.4, 0.5) is 8.78 Å². The topological polar surface area (TPSA) is 56.6 Å². The van der Waals surface area contributed by atoms with Crippen LogP contribution in [0.5, 0.6) is 11.5 Å². The van der Waals surface area contributed by atoms with Crippen molar-refractivity contribution >= 4 is 5.91 Å². The van der Waals surface area contributed by atoms with Gasteiger partial charge in [0, 0.05) is 32.1 Å². The third-order valence-electron chi connectivity index (χ3n) is 4.12.